The zero-order chi connectivity index (χ0) is 12.8. The van der Waals surface area contributed by atoms with E-state index in [1.54, 1.807) is 0 Å². The molecule has 4 rings (SSSR count). The van der Waals surface area contributed by atoms with Crippen LogP contribution in [0.2, 0.25) is 0 Å². The molecule has 0 N–H and O–H groups in total. The molecule has 0 bridgehead atoms. The molecule has 1 heteroatoms. The van der Waals surface area contributed by atoms with Crippen molar-refractivity contribution in [3.05, 3.63) is 72.4 Å². The number of fused-ring (bicyclic) bond motifs is 5. The lowest BCUT2D eigenvalue weighted by Crippen LogP contribution is -1.99. The van der Waals surface area contributed by atoms with Gasteiger partial charge >= 0.3 is 0 Å². The summed E-state index contributed by atoms with van der Waals surface area (Å²) < 4.78 is 2.40. The quantitative estimate of drug-likeness (QED) is 0.461. The highest BCUT2D eigenvalue weighted by atomic mass is 15.0. The lowest BCUT2D eigenvalue weighted by Gasteiger charge is -2.06. The van der Waals surface area contributed by atoms with Crippen LogP contribution in [0.15, 0.2) is 61.2 Å². The molecule has 1 aliphatic carbocycles. The van der Waals surface area contributed by atoms with Crippen LogP contribution < -0.4 is 0 Å². The van der Waals surface area contributed by atoms with Crippen molar-refractivity contribution in [1.29, 1.82) is 0 Å². The van der Waals surface area contributed by atoms with Crippen molar-refractivity contribution in [3.8, 4) is 11.1 Å². The molecule has 19 heavy (non-hydrogen) atoms. The highest BCUT2D eigenvalue weighted by Crippen LogP contribution is 2.43. The molecule has 0 saturated carbocycles. The Morgan fingerprint density at radius 3 is 2.74 bits per heavy atom. The van der Waals surface area contributed by atoms with Crippen LogP contribution >= 0.6 is 0 Å². The number of hydrogen-bond donors (Lipinski definition) is 0. The molecular formula is C18H15N. The Kier molecular flexibility index (Phi) is 2.16. The fourth-order valence-corrected chi connectivity index (χ4v) is 3.28. The molecule has 2 aromatic carbocycles. The van der Waals surface area contributed by atoms with Gasteiger partial charge in [0.05, 0.1) is 0 Å². The molecule has 1 aliphatic rings. The Labute approximate surface area is 112 Å². The molecule has 3 aromatic rings. The van der Waals surface area contributed by atoms with Crippen molar-refractivity contribution in [2.24, 2.45) is 0 Å². The fraction of sp³-hybridized carbons (Fsp3) is 0.111. The first-order chi connectivity index (χ1) is 9.40. The van der Waals surface area contributed by atoms with Crippen LogP contribution in [-0.2, 0) is 13.0 Å². The summed E-state index contributed by atoms with van der Waals surface area (Å²) >= 11 is 0. The minimum atomic E-state index is 0.879. The maximum atomic E-state index is 3.90. The van der Waals surface area contributed by atoms with Crippen LogP contribution in [0.4, 0.5) is 0 Å². The molecule has 0 amide bonds. The number of hydrogen-bond acceptors (Lipinski definition) is 0. The van der Waals surface area contributed by atoms with E-state index < -0.39 is 0 Å². The lowest BCUT2D eigenvalue weighted by atomic mass is 10.0. The van der Waals surface area contributed by atoms with E-state index in [0.717, 1.165) is 13.0 Å². The van der Waals surface area contributed by atoms with E-state index in [1.807, 2.05) is 6.08 Å². The topological polar surface area (TPSA) is 4.93 Å². The van der Waals surface area contributed by atoms with E-state index in [1.165, 1.54) is 33.3 Å². The normalized spacial score (nSPS) is 12.4. The first-order valence-electron chi connectivity index (χ1n) is 6.69. The number of rotatable bonds is 2. The van der Waals surface area contributed by atoms with Crippen molar-refractivity contribution in [3.63, 3.8) is 0 Å². The van der Waals surface area contributed by atoms with Gasteiger partial charge in [0.15, 0.2) is 0 Å². The monoisotopic (exact) mass is 245 g/mol. The molecule has 0 spiro atoms. The number of allylic oxidation sites excluding steroid dienone is 1. The van der Waals surface area contributed by atoms with Gasteiger partial charge in [0.1, 0.15) is 0 Å². The molecule has 0 unspecified atom stereocenters. The average Bonchev–Trinajstić information content (AvgIpc) is 2.96. The van der Waals surface area contributed by atoms with E-state index >= 15 is 0 Å². The van der Waals surface area contributed by atoms with Crippen LogP contribution in [0.5, 0.6) is 0 Å². The highest BCUT2D eigenvalue weighted by molar-refractivity contribution is 6.01. The SMILES string of the molecule is C=CCn1c2c(c3ccccc31)-c1ccccc1C2. The molecule has 1 nitrogen and oxygen atoms in total. The first kappa shape index (κ1) is 10.6. The van der Waals surface area contributed by atoms with Gasteiger partial charge in [0.2, 0.25) is 0 Å². The third-order valence-corrected chi connectivity index (χ3v) is 4.03. The summed E-state index contributed by atoms with van der Waals surface area (Å²) in [5.41, 5.74) is 7.02. The van der Waals surface area contributed by atoms with E-state index in [2.05, 4.69) is 59.7 Å². The van der Waals surface area contributed by atoms with Gasteiger partial charge in [-0.25, -0.2) is 0 Å². The van der Waals surface area contributed by atoms with Gasteiger partial charge in [0.25, 0.3) is 0 Å². The fourth-order valence-electron chi connectivity index (χ4n) is 3.28. The number of aromatic nitrogens is 1. The summed E-state index contributed by atoms with van der Waals surface area (Å²) in [6, 6.07) is 17.4. The van der Waals surface area contributed by atoms with Crippen LogP contribution in [0.25, 0.3) is 22.0 Å². The molecule has 0 fully saturated rings. The van der Waals surface area contributed by atoms with Gasteiger partial charge < -0.3 is 4.57 Å². The van der Waals surface area contributed by atoms with Crippen molar-refractivity contribution < 1.29 is 0 Å². The summed E-state index contributed by atoms with van der Waals surface area (Å²) in [4.78, 5) is 0. The Balaban J connectivity index is 2.12. The van der Waals surface area contributed by atoms with Gasteiger partial charge in [-0.3, -0.25) is 0 Å². The zero-order valence-electron chi connectivity index (χ0n) is 10.8. The maximum absolute atomic E-state index is 3.90. The molecule has 1 heterocycles. The van der Waals surface area contributed by atoms with Crippen molar-refractivity contribution in [1.82, 2.24) is 4.57 Å². The first-order valence-corrected chi connectivity index (χ1v) is 6.69. The van der Waals surface area contributed by atoms with E-state index in [-0.39, 0.29) is 0 Å². The summed E-state index contributed by atoms with van der Waals surface area (Å²) in [5.74, 6) is 0. The lowest BCUT2D eigenvalue weighted by molar-refractivity contribution is 0.814. The van der Waals surface area contributed by atoms with Gasteiger partial charge in [0, 0.05) is 35.1 Å². The standard InChI is InChI=1S/C18H15N/c1-2-11-19-16-10-6-5-9-15(16)18-14-8-4-3-7-13(14)12-17(18)19/h2-10H,1,11-12H2. The Hall–Kier alpha value is -2.28. The molecule has 0 radical (unpaired) electrons. The molecule has 0 aliphatic heterocycles. The third-order valence-electron chi connectivity index (χ3n) is 4.03. The van der Waals surface area contributed by atoms with E-state index in [0.29, 0.717) is 0 Å². The average molecular weight is 245 g/mol. The number of nitrogens with zero attached hydrogens (tertiary/aromatic N) is 1. The predicted molar refractivity (Wildman–Crippen MR) is 80.4 cm³/mol. The third kappa shape index (κ3) is 1.36. The Morgan fingerprint density at radius 1 is 1.05 bits per heavy atom. The predicted octanol–water partition coefficient (Wildman–Crippen LogP) is 4.40. The molecular weight excluding hydrogens is 230 g/mol. The minimum absolute atomic E-state index is 0.879. The Morgan fingerprint density at radius 2 is 1.84 bits per heavy atom. The van der Waals surface area contributed by atoms with Crippen LogP contribution in [0.1, 0.15) is 11.3 Å². The van der Waals surface area contributed by atoms with Crippen LogP contribution in [0, 0.1) is 0 Å². The zero-order valence-corrected chi connectivity index (χ0v) is 10.8. The van der Waals surface area contributed by atoms with Gasteiger partial charge in [-0.1, -0.05) is 48.5 Å². The highest BCUT2D eigenvalue weighted by Gasteiger charge is 2.25. The molecule has 1 aromatic heterocycles. The summed E-state index contributed by atoms with van der Waals surface area (Å²) in [6.07, 6.45) is 3.02. The smallest absolute Gasteiger partial charge is 0.0492 e. The second kappa shape index (κ2) is 3.86. The number of para-hydroxylation sites is 1. The summed E-state index contributed by atoms with van der Waals surface area (Å²) in [6.45, 7) is 4.77. The number of benzene rings is 2. The molecule has 0 saturated heterocycles. The van der Waals surface area contributed by atoms with Crippen LogP contribution in [-0.4, -0.2) is 4.57 Å². The molecule has 0 atom stereocenters. The minimum Gasteiger partial charge on any atom is -0.340 e. The second-order valence-electron chi connectivity index (χ2n) is 5.07. The van der Waals surface area contributed by atoms with Crippen molar-refractivity contribution in [2.75, 3.05) is 0 Å². The molecule has 92 valence electrons. The van der Waals surface area contributed by atoms with Gasteiger partial charge in [-0.2, -0.15) is 0 Å². The summed E-state index contributed by atoms with van der Waals surface area (Å²) in [5, 5.41) is 1.37. The second-order valence-corrected chi connectivity index (χ2v) is 5.07. The van der Waals surface area contributed by atoms with E-state index in [9.17, 15) is 0 Å². The van der Waals surface area contributed by atoms with Crippen LogP contribution in [0.3, 0.4) is 0 Å². The van der Waals surface area contributed by atoms with Gasteiger partial charge in [-0.05, 0) is 17.2 Å². The Bertz CT molecular complexity index is 793. The van der Waals surface area contributed by atoms with Crippen molar-refractivity contribution in [2.45, 2.75) is 13.0 Å². The largest absolute Gasteiger partial charge is 0.340 e. The van der Waals surface area contributed by atoms with E-state index in [4.69, 9.17) is 0 Å². The summed E-state index contributed by atoms with van der Waals surface area (Å²) in [7, 11) is 0. The van der Waals surface area contributed by atoms with Crippen molar-refractivity contribution >= 4 is 10.9 Å². The van der Waals surface area contributed by atoms with Gasteiger partial charge in [-0.15, -0.1) is 6.58 Å². The maximum Gasteiger partial charge on any atom is 0.0492 e.